The van der Waals surface area contributed by atoms with Crippen molar-refractivity contribution in [3.63, 3.8) is 0 Å². The highest BCUT2D eigenvalue weighted by molar-refractivity contribution is 6.73. The summed E-state index contributed by atoms with van der Waals surface area (Å²) in [6, 6.07) is 4.61. The molecule has 2 saturated heterocycles. The van der Waals surface area contributed by atoms with E-state index in [1.54, 1.807) is 5.57 Å². The van der Waals surface area contributed by atoms with Gasteiger partial charge in [-0.05, 0) is 62.4 Å². The lowest BCUT2D eigenvalue weighted by Crippen LogP contribution is -2.48. The summed E-state index contributed by atoms with van der Waals surface area (Å²) in [6.45, 7) is 11.9. The van der Waals surface area contributed by atoms with Crippen molar-refractivity contribution < 1.29 is 4.43 Å². The summed E-state index contributed by atoms with van der Waals surface area (Å²) in [6.07, 6.45) is 13.7. The quantitative estimate of drug-likeness (QED) is 0.266. The van der Waals surface area contributed by atoms with Gasteiger partial charge in [-0.1, -0.05) is 53.0 Å². The zero-order valence-corrected chi connectivity index (χ0v) is 17.8. The van der Waals surface area contributed by atoms with Gasteiger partial charge < -0.3 is 4.43 Å². The van der Waals surface area contributed by atoms with E-state index in [1.807, 2.05) is 0 Å². The molecule has 2 aliphatic rings. The molecule has 140 valence electrons. The standard InChI is InChI=1S/C21H41NOSi/c1-5-9-10-11-12-14-19-18-22-16-13-15-20(22)17-21(19)23-24(6-2,7-3)8-4/h14,20-21H,5-13,15-18H2,1-4H3/b19-14+/t20-,21+/m0/s1. The summed E-state index contributed by atoms with van der Waals surface area (Å²) in [4.78, 5) is 2.73. The van der Waals surface area contributed by atoms with Crippen molar-refractivity contribution in [2.45, 2.75) is 109 Å². The molecule has 0 radical (unpaired) electrons. The molecule has 0 aromatic rings. The van der Waals surface area contributed by atoms with Crippen molar-refractivity contribution in [2.24, 2.45) is 0 Å². The molecule has 2 nitrogen and oxygen atoms in total. The fraction of sp³-hybridized carbons (Fsp3) is 0.905. The van der Waals surface area contributed by atoms with Crippen molar-refractivity contribution in [3.8, 4) is 0 Å². The Morgan fingerprint density at radius 1 is 1.08 bits per heavy atom. The second-order valence-corrected chi connectivity index (χ2v) is 12.7. The van der Waals surface area contributed by atoms with E-state index in [0.717, 1.165) is 6.04 Å². The second kappa shape index (κ2) is 10.1. The van der Waals surface area contributed by atoms with Gasteiger partial charge in [-0.15, -0.1) is 0 Å². The summed E-state index contributed by atoms with van der Waals surface area (Å²) < 4.78 is 6.97. The van der Waals surface area contributed by atoms with Crippen molar-refractivity contribution >= 4 is 8.32 Å². The Kier molecular flexibility index (Phi) is 8.52. The molecule has 0 bridgehead atoms. The Morgan fingerprint density at radius 2 is 1.83 bits per heavy atom. The van der Waals surface area contributed by atoms with Gasteiger partial charge in [-0.25, -0.2) is 0 Å². The maximum Gasteiger partial charge on any atom is 0.192 e. The predicted molar refractivity (Wildman–Crippen MR) is 108 cm³/mol. The molecule has 24 heavy (non-hydrogen) atoms. The van der Waals surface area contributed by atoms with E-state index < -0.39 is 8.32 Å². The first-order valence-corrected chi connectivity index (χ1v) is 13.3. The molecular weight excluding hydrogens is 310 g/mol. The van der Waals surface area contributed by atoms with Gasteiger partial charge in [0, 0.05) is 12.6 Å². The summed E-state index contributed by atoms with van der Waals surface area (Å²) >= 11 is 0. The molecule has 2 fully saturated rings. The zero-order valence-electron chi connectivity index (χ0n) is 16.8. The third kappa shape index (κ3) is 5.19. The molecule has 2 rings (SSSR count). The summed E-state index contributed by atoms with van der Waals surface area (Å²) in [5, 5.41) is 0. The van der Waals surface area contributed by atoms with Crippen molar-refractivity contribution in [3.05, 3.63) is 11.6 Å². The van der Waals surface area contributed by atoms with Gasteiger partial charge in [0.25, 0.3) is 0 Å². The van der Waals surface area contributed by atoms with Crippen LogP contribution in [0.5, 0.6) is 0 Å². The first-order chi connectivity index (χ1) is 11.7. The van der Waals surface area contributed by atoms with Gasteiger partial charge in [0.2, 0.25) is 0 Å². The van der Waals surface area contributed by atoms with Gasteiger partial charge in [-0.3, -0.25) is 4.90 Å². The Hall–Kier alpha value is -0.123. The van der Waals surface area contributed by atoms with Crippen LogP contribution in [0.4, 0.5) is 0 Å². The van der Waals surface area contributed by atoms with E-state index in [4.69, 9.17) is 4.43 Å². The fourth-order valence-electron chi connectivity index (χ4n) is 4.59. The number of fused-ring (bicyclic) bond motifs is 1. The number of hydrogen-bond donors (Lipinski definition) is 0. The van der Waals surface area contributed by atoms with Crippen LogP contribution in [0.2, 0.25) is 18.1 Å². The van der Waals surface area contributed by atoms with E-state index in [1.165, 1.54) is 82.6 Å². The summed E-state index contributed by atoms with van der Waals surface area (Å²) in [5.41, 5.74) is 1.62. The Labute approximate surface area is 152 Å². The average Bonchev–Trinajstić information content (AvgIpc) is 3.06. The number of rotatable bonds is 10. The van der Waals surface area contributed by atoms with Crippen LogP contribution in [0, 0.1) is 0 Å². The molecule has 0 saturated carbocycles. The Bertz CT molecular complexity index is 383. The minimum absolute atomic E-state index is 0.432. The minimum Gasteiger partial charge on any atom is -0.410 e. The number of piperidine rings is 1. The van der Waals surface area contributed by atoms with Gasteiger partial charge in [0.05, 0.1) is 6.10 Å². The van der Waals surface area contributed by atoms with E-state index in [2.05, 4.69) is 38.7 Å². The molecule has 2 atom stereocenters. The Morgan fingerprint density at radius 3 is 2.50 bits per heavy atom. The van der Waals surface area contributed by atoms with Crippen molar-refractivity contribution in [2.75, 3.05) is 13.1 Å². The first-order valence-electron chi connectivity index (χ1n) is 10.8. The second-order valence-electron chi connectivity index (χ2n) is 7.98. The van der Waals surface area contributed by atoms with Gasteiger partial charge in [0.1, 0.15) is 0 Å². The summed E-state index contributed by atoms with van der Waals surface area (Å²) in [7, 11) is -1.51. The van der Waals surface area contributed by atoms with Crippen LogP contribution < -0.4 is 0 Å². The molecule has 0 aromatic carbocycles. The van der Waals surface area contributed by atoms with Crippen LogP contribution in [-0.4, -0.2) is 38.5 Å². The lowest BCUT2D eigenvalue weighted by Gasteiger charge is -2.42. The van der Waals surface area contributed by atoms with Crippen LogP contribution in [0.1, 0.15) is 79.1 Å². The molecule has 0 aromatic heterocycles. The topological polar surface area (TPSA) is 12.5 Å². The highest BCUT2D eigenvalue weighted by Gasteiger charge is 2.39. The minimum atomic E-state index is -1.51. The van der Waals surface area contributed by atoms with E-state index in [-0.39, 0.29) is 0 Å². The van der Waals surface area contributed by atoms with Gasteiger partial charge in [0.15, 0.2) is 8.32 Å². The SMILES string of the molecule is CCCCCC/C=C1\CN2CCC[C@H]2C[C@H]1O[Si](CC)(CC)CC. The third-order valence-corrected chi connectivity index (χ3v) is 11.2. The highest BCUT2D eigenvalue weighted by atomic mass is 28.4. The smallest absolute Gasteiger partial charge is 0.192 e. The Balaban J connectivity index is 2.03. The molecule has 2 aliphatic heterocycles. The van der Waals surface area contributed by atoms with Gasteiger partial charge >= 0.3 is 0 Å². The molecule has 0 aliphatic carbocycles. The van der Waals surface area contributed by atoms with E-state index >= 15 is 0 Å². The average molecular weight is 352 g/mol. The normalized spacial score (nSPS) is 26.9. The van der Waals surface area contributed by atoms with Crippen LogP contribution in [0.3, 0.4) is 0 Å². The molecule has 0 unspecified atom stereocenters. The van der Waals surface area contributed by atoms with E-state index in [9.17, 15) is 0 Å². The molecule has 0 N–H and O–H groups in total. The lowest BCUT2D eigenvalue weighted by molar-refractivity contribution is 0.116. The van der Waals surface area contributed by atoms with Crippen molar-refractivity contribution in [1.82, 2.24) is 4.90 Å². The van der Waals surface area contributed by atoms with Gasteiger partial charge in [-0.2, -0.15) is 0 Å². The monoisotopic (exact) mass is 351 g/mol. The third-order valence-electron chi connectivity index (χ3n) is 6.57. The van der Waals surface area contributed by atoms with Crippen LogP contribution in [0.15, 0.2) is 11.6 Å². The number of allylic oxidation sites excluding steroid dienone is 1. The molecular formula is C21H41NOSi. The highest BCUT2D eigenvalue weighted by Crippen LogP contribution is 2.35. The molecule has 3 heteroatoms. The zero-order chi connectivity index (χ0) is 17.4. The largest absolute Gasteiger partial charge is 0.410 e. The molecule has 2 heterocycles. The summed E-state index contributed by atoms with van der Waals surface area (Å²) in [5.74, 6) is 0. The maximum atomic E-state index is 6.97. The van der Waals surface area contributed by atoms with E-state index in [0.29, 0.717) is 6.10 Å². The number of nitrogens with zero attached hydrogens (tertiary/aromatic N) is 1. The fourth-order valence-corrected chi connectivity index (χ4v) is 7.44. The maximum absolute atomic E-state index is 6.97. The van der Waals surface area contributed by atoms with Crippen molar-refractivity contribution in [1.29, 1.82) is 0 Å². The van der Waals surface area contributed by atoms with Crippen LogP contribution in [-0.2, 0) is 4.43 Å². The molecule has 0 amide bonds. The first kappa shape index (κ1) is 20.2. The van der Waals surface area contributed by atoms with Crippen LogP contribution in [0.25, 0.3) is 0 Å². The predicted octanol–water partition coefficient (Wildman–Crippen LogP) is 6.14. The van der Waals surface area contributed by atoms with Crippen LogP contribution >= 0.6 is 0 Å². The lowest BCUT2D eigenvalue weighted by atomic mass is 9.94. The number of unbranched alkanes of at least 4 members (excludes halogenated alkanes) is 4. The number of hydrogen-bond acceptors (Lipinski definition) is 2. The molecule has 0 spiro atoms.